The summed E-state index contributed by atoms with van der Waals surface area (Å²) in [6.45, 7) is 2.13. The first-order chi connectivity index (χ1) is 13.3. The van der Waals surface area contributed by atoms with E-state index < -0.39 is 20.7 Å². The van der Waals surface area contributed by atoms with E-state index in [0.717, 1.165) is 5.56 Å². The van der Waals surface area contributed by atoms with Crippen molar-refractivity contribution in [2.24, 2.45) is 0 Å². The lowest BCUT2D eigenvalue weighted by Gasteiger charge is -2.38. The molecule has 0 aromatic heterocycles. The molecule has 1 unspecified atom stereocenters. The van der Waals surface area contributed by atoms with Gasteiger partial charge in [0.05, 0.1) is 12.1 Å². The van der Waals surface area contributed by atoms with Crippen molar-refractivity contribution in [1.29, 1.82) is 0 Å². The van der Waals surface area contributed by atoms with Crippen molar-refractivity contribution in [2.45, 2.75) is 31.1 Å². The van der Waals surface area contributed by atoms with E-state index in [0.29, 0.717) is 29.4 Å². The standard InChI is InChI=1S/C20H23ClN2O4S/c1-20(19(24)22-16-9-10-18(27-2)17(21)13-16)11-6-12-23(28(20,25)26)14-15-7-4-3-5-8-15/h3-5,7-10,13H,6,11-12,14H2,1-2H3,(H,22,24). The molecule has 28 heavy (non-hydrogen) atoms. The number of nitrogens with one attached hydrogen (secondary N) is 1. The normalized spacial score (nSPS) is 21.8. The van der Waals surface area contributed by atoms with E-state index in [1.54, 1.807) is 18.2 Å². The van der Waals surface area contributed by atoms with Crippen LogP contribution >= 0.6 is 11.6 Å². The van der Waals surface area contributed by atoms with Gasteiger partial charge in [-0.1, -0.05) is 41.9 Å². The van der Waals surface area contributed by atoms with Crippen LogP contribution in [0.4, 0.5) is 5.69 Å². The molecule has 1 atom stereocenters. The summed E-state index contributed by atoms with van der Waals surface area (Å²) >= 11 is 6.10. The van der Waals surface area contributed by atoms with Crippen LogP contribution in [0.3, 0.4) is 0 Å². The molecule has 1 amide bonds. The van der Waals surface area contributed by atoms with Gasteiger partial charge in [0.15, 0.2) is 4.75 Å². The number of anilines is 1. The van der Waals surface area contributed by atoms with Gasteiger partial charge in [-0.15, -0.1) is 0 Å². The Morgan fingerprint density at radius 2 is 1.96 bits per heavy atom. The zero-order valence-electron chi connectivity index (χ0n) is 15.8. The van der Waals surface area contributed by atoms with E-state index in [1.807, 2.05) is 30.3 Å². The lowest BCUT2D eigenvalue weighted by molar-refractivity contribution is -0.118. The number of halogens is 1. The molecule has 1 fully saturated rings. The predicted octanol–water partition coefficient (Wildman–Crippen LogP) is 3.67. The number of rotatable bonds is 5. The smallest absolute Gasteiger partial charge is 0.246 e. The second-order valence-corrected chi connectivity index (χ2v) is 9.74. The largest absolute Gasteiger partial charge is 0.495 e. The van der Waals surface area contributed by atoms with Gasteiger partial charge in [-0.2, -0.15) is 4.31 Å². The van der Waals surface area contributed by atoms with Crippen molar-refractivity contribution < 1.29 is 17.9 Å². The van der Waals surface area contributed by atoms with Crippen LogP contribution in [0.5, 0.6) is 5.75 Å². The SMILES string of the molecule is COc1ccc(NC(=O)C2(C)CCCN(Cc3ccccc3)S2(=O)=O)cc1Cl. The zero-order valence-corrected chi connectivity index (χ0v) is 17.4. The number of carbonyl (C=O) groups is 1. The van der Waals surface area contributed by atoms with Crippen LogP contribution in [-0.2, 0) is 21.4 Å². The number of sulfonamides is 1. The molecule has 2 aromatic rings. The summed E-state index contributed by atoms with van der Waals surface area (Å²) in [6.07, 6.45) is 0.871. The third-order valence-electron chi connectivity index (χ3n) is 5.06. The van der Waals surface area contributed by atoms with Gasteiger partial charge < -0.3 is 10.1 Å². The monoisotopic (exact) mass is 422 g/mol. The van der Waals surface area contributed by atoms with E-state index in [-0.39, 0.29) is 13.0 Å². The summed E-state index contributed by atoms with van der Waals surface area (Å²) in [5.74, 6) is -0.0864. The molecular weight excluding hydrogens is 400 g/mol. The second kappa shape index (κ2) is 8.11. The molecule has 0 bridgehead atoms. The van der Waals surface area contributed by atoms with Crippen LogP contribution < -0.4 is 10.1 Å². The van der Waals surface area contributed by atoms with E-state index in [9.17, 15) is 13.2 Å². The lowest BCUT2D eigenvalue weighted by Crippen LogP contribution is -2.56. The van der Waals surface area contributed by atoms with Crippen LogP contribution in [0.15, 0.2) is 48.5 Å². The van der Waals surface area contributed by atoms with Crippen molar-refractivity contribution in [3.8, 4) is 5.75 Å². The summed E-state index contributed by atoms with van der Waals surface area (Å²) in [5, 5.41) is 3.04. The van der Waals surface area contributed by atoms with Crippen molar-refractivity contribution in [3.63, 3.8) is 0 Å². The molecule has 0 aliphatic carbocycles. The molecule has 1 N–H and O–H groups in total. The fourth-order valence-corrected chi connectivity index (χ4v) is 5.52. The average Bonchev–Trinajstić information content (AvgIpc) is 2.67. The number of hydrogen-bond donors (Lipinski definition) is 1. The topological polar surface area (TPSA) is 75.7 Å². The van der Waals surface area contributed by atoms with Gasteiger partial charge in [0, 0.05) is 18.8 Å². The van der Waals surface area contributed by atoms with E-state index in [4.69, 9.17) is 16.3 Å². The van der Waals surface area contributed by atoms with E-state index in [2.05, 4.69) is 5.32 Å². The average molecular weight is 423 g/mol. The summed E-state index contributed by atoms with van der Waals surface area (Å²) in [4.78, 5) is 13.0. The van der Waals surface area contributed by atoms with Gasteiger partial charge in [-0.05, 0) is 43.5 Å². The summed E-state index contributed by atoms with van der Waals surface area (Å²) in [6, 6.07) is 14.2. The van der Waals surface area contributed by atoms with Crippen molar-refractivity contribution in [1.82, 2.24) is 4.31 Å². The Morgan fingerprint density at radius 1 is 1.25 bits per heavy atom. The molecular formula is C20H23ClN2O4S. The molecule has 1 aliphatic heterocycles. The van der Waals surface area contributed by atoms with Crippen molar-refractivity contribution in [2.75, 3.05) is 19.0 Å². The third kappa shape index (κ3) is 3.87. The molecule has 0 radical (unpaired) electrons. The van der Waals surface area contributed by atoms with E-state index >= 15 is 0 Å². The third-order valence-corrected chi connectivity index (χ3v) is 7.88. The Morgan fingerprint density at radius 3 is 2.61 bits per heavy atom. The van der Waals surface area contributed by atoms with Crippen LogP contribution in [0, 0.1) is 0 Å². The molecule has 6 nitrogen and oxygen atoms in total. The highest BCUT2D eigenvalue weighted by molar-refractivity contribution is 7.91. The van der Waals surface area contributed by atoms with Crippen LogP contribution in [-0.4, -0.2) is 37.0 Å². The molecule has 8 heteroatoms. The molecule has 1 heterocycles. The molecule has 2 aromatic carbocycles. The van der Waals surface area contributed by atoms with Gasteiger partial charge in [-0.25, -0.2) is 8.42 Å². The minimum Gasteiger partial charge on any atom is -0.495 e. The van der Waals surface area contributed by atoms with Gasteiger partial charge in [0.1, 0.15) is 5.75 Å². The van der Waals surface area contributed by atoms with Gasteiger partial charge >= 0.3 is 0 Å². The highest BCUT2D eigenvalue weighted by Crippen LogP contribution is 2.35. The Labute approximate surface area is 170 Å². The molecule has 1 saturated heterocycles. The first-order valence-corrected chi connectivity index (χ1v) is 10.8. The van der Waals surface area contributed by atoms with Gasteiger partial charge in [-0.3, -0.25) is 4.79 Å². The molecule has 0 spiro atoms. The minimum absolute atomic E-state index is 0.250. The van der Waals surface area contributed by atoms with Crippen molar-refractivity contribution >= 4 is 33.2 Å². The fraction of sp³-hybridized carbons (Fsp3) is 0.350. The number of hydrogen-bond acceptors (Lipinski definition) is 4. The first kappa shape index (κ1) is 20.6. The van der Waals surface area contributed by atoms with Crippen LogP contribution in [0.1, 0.15) is 25.3 Å². The molecule has 1 aliphatic rings. The second-order valence-electron chi connectivity index (χ2n) is 6.96. The Balaban J connectivity index is 1.82. The van der Waals surface area contributed by atoms with E-state index in [1.165, 1.54) is 18.3 Å². The molecule has 150 valence electrons. The Kier molecular flexibility index (Phi) is 5.98. The number of benzene rings is 2. The maximum Gasteiger partial charge on any atom is 0.246 e. The Hall–Kier alpha value is -2.09. The predicted molar refractivity (Wildman–Crippen MR) is 110 cm³/mol. The molecule has 3 rings (SSSR count). The summed E-state index contributed by atoms with van der Waals surface area (Å²) in [7, 11) is -2.34. The highest BCUT2D eigenvalue weighted by atomic mass is 35.5. The summed E-state index contributed by atoms with van der Waals surface area (Å²) in [5.41, 5.74) is 1.31. The zero-order chi connectivity index (χ0) is 20.4. The van der Waals surface area contributed by atoms with Crippen molar-refractivity contribution in [3.05, 3.63) is 59.1 Å². The Bertz CT molecular complexity index is 965. The molecule has 0 saturated carbocycles. The number of ether oxygens (including phenoxy) is 1. The summed E-state index contributed by atoms with van der Waals surface area (Å²) < 4.78 is 31.5. The van der Waals surface area contributed by atoms with Crippen LogP contribution in [0.25, 0.3) is 0 Å². The lowest BCUT2D eigenvalue weighted by atomic mass is 10.0. The highest BCUT2D eigenvalue weighted by Gasteiger charge is 2.51. The number of methoxy groups -OCH3 is 1. The number of carbonyl (C=O) groups excluding carboxylic acids is 1. The maximum atomic E-state index is 13.3. The number of amides is 1. The quantitative estimate of drug-likeness (QED) is 0.797. The first-order valence-electron chi connectivity index (χ1n) is 8.96. The van der Waals surface area contributed by atoms with Gasteiger partial charge in [0.2, 0.25) is 15.9 Å². The fourth-order valence-electron chi connectivity index (χ4n) is 3.32. The number of nitrogens with zero attached hydrogens (tertiary/aromatic N) is 1. The maximum absolute atomic E-state index is 13.3. The minimum atomic E-state index is -3.84. The van der Waals surface area contributed by atoms with Gasteiger partial charge in [0.25, 0.3) is 0 Å². The van der Waals surface area contributed by atoms with Crippen LogP contribution in [0.2, 0.25) is 5.02 Å².